The normalized spacial score (nSPS) is 10.5. The molecule has 0 aliphatic rings. The minimum absolute atomic E-state index is 0.359. The van der Waals surface area contributed by atoms with Gasteiger partial charge >= 0.3 is 5.97 Å². The van der Waals surface area contributed by atoms with Crippen molar-refractivity contribution in [3.63, 3.8) is 0 Å². The van der Waals surface area contributed by atoms with Crippen molar-refractivity contribution in [3.05, 3.63) is 59.2 Å². The number of carbonyl (C=O) groups is 1. The zero-order chi connectivity index (χ0) is 18.2. The molecule has 0 unspecified atom stereocenters. The lowest BCUT2D eigenvalue weighted by Gasteiger charge is -2.12. The highest BCUT2D eigenvalue weighted by Crippen LogP contribution is 2.19. The lowest BCUT2D eigenvalue weighted by Crippen LogP contribution is -2.24. The molecule has 0 aromatic heterocycles. The first-order valence-corrected chi connectivity index (χ1v) is 7.98. The molecule has 0 radical (unpaired) electrons. The average molecular weight is 357 g/mol. The smallest absolute Gasteiger partial charge is 0.341 e. The van der Waals surface area contributed by atoms with E-state index in [4.69, 9.17) is 22.1 Å². The molecular formula is C18H19N3O3S. The molecule has 0 atom stereocenters. The van der Waals surface area contributed by atoms with Crippen LogP contribution >= 0.6 is 12.2 Å². The van der Waals surface area contributed by atoms with E-state index in [-0.39, 0.29) is 0 Å². The Hall–Kier alpha value is -2.93. The van der Waals surface area contributed by atoms with Gasteiger partial charge in [0.25, 0.3) is 0 Å². The van der Waals surface area contributed by atoms with Gasteiger partial charge in [-0.05, 0) is 49.3 Å². The fourth-order valence-corrected chi connectivity index (χ4v) is 2.33. The van der Waals surface area contributed by atoms with Gasteiger partial charge in [0.1, 0.15) is 5.75 Å². The van der Waals surface area contributed by atoms with Crippen LogP contribution in [0.1, 0.15) is 16.7 Å². The Morgan fingerprint density at radius 1 is 1.20 bits per heavy atom. The SMILES string of the molecule is Cc1cccc(C)c1NC(=S)N/N=C/c1ccccc1OCC(=O)O. The van der Waals surface area contributed by atoms with Crippen molar-refractivity contribution in [3.8, 4) is 5.75 Å². The molecule has 6 nitrogen and oxygen atoms in total. The van der Waals surface area contributed by atoms with E-state index in [2.05, 4.69) is 15.8 Å². The molecule has 0 bridgehead atoms. The second kappa shape index (κ2) is 8.79. The van der Waals surface area contributed by atoms with Crippen LogP contribution in [-0.2, 0) is 4.79 Å². The molecule has 25 heavy (non-hydrogen) atoms. The summed E-state index contributed by atoms with van der Waals surface area (Å²) >= 11 is 5.24. The Morgan fingerprint density at radius 3 is 2.56 bits per heavy atom. The van der Waals surface area contributed by atoms with Gasteiger partial charge in [-0.15, -0.1) is 0 Å². The molecule has 2 aromatic carbocycles. The second-order valence-electron chi connectivity index (χ2n) is 5.31. The molecule has 2 aromatic rings. The number of hydrogen-bond donors (Lipinski definition) is 3. The summed E-state index contributed by atoms with van der Waals surface area (Å²) in [5, 5.41) is 16.3. The first-order chi connectivity index (χ1) is 12.0. The van der Waals surface area contributed by atoms with Crippen LogP contribution in [0.15, 0.2) is 47.6 Å². The monoisotopic (exact) mass is 357 g/mol. The largest absolute Gasteiger partial charge is 0.481 e. The molecule has 0 amide bonds. The number of hydrogen-bond acceptors (Lipinski definition) is 4. The molecule has 0 fully saturated rings. The zero-order valence-electron chi connectivity index (χ0n) is 13.9. The Bertz CT molecular complexity index is 786. The van der Waals surface area contributed by atoms with Crippen LogP contribution in [0.4, 0.5) is 5.69 Å². The molecule has 0 aliphatic carbocycles. The number of thiocarbonyl (C=S) groups is 1. The summed E-state index contributed by atoms with van der Waals surface area (Å²) in [6, 6.07) is 13.0. The van der Waals surface area contributed by atoms with Crippen LogP contribution in [0.3, 0.4) is 0 Å². The van der Waals surface area contributed by atoms with Crippen molar-refractivity contribution >= 4 is 35.2 Å². The number of rotatable bonds is 6. The van der Waals surface area contributed by atoms with E-state index in [1.54, 1.807) is 18.2 Å². The predicted octanol–water partition coefficient (Wildman–Crippen LogP) is 3.09. The van der Waals surface area contributed by atoms with Gasteiger partial charge in [0.05, 0.1) is 6.21 Å². The number of carboxylic acid groups (broad SMARTS) is 1. The van der Waals surface area contributed by atoms with Crippen molar-refractivity contribution in [2.24, 2.45) is 5.10 Å². The third-order valence-electron chi connectivity index (χ3n) is 3.36. The number of benzene rings is 2. The van der Waals surface area contributed by atoms with Crippen molar-refractivity contribution in [1.29, 1.82) is 0 Å². The van der Waals surface area contributed by atoms with Gasteiger partial charge in [0, 0.05) is 11.3 Å². The number of hydrazone groups is 1. The van der Waals surface area contributed by atoms with E-state index < -0.39 is 12.6 Å². The maximum Gasteiger partial charge on any atom is 0.341 e. The number of anilines is 1. The lowest BCUT2D eigenvalue weighted by atomic mass is 10.1. The van der Waals surface area contributed by atoms with Crippen LogP contribution in [0.2, 0.25) is 0 Å². The molecule has 7 heteroatoms. The average Bonchev–Trinajstić information content (AvgIpc) is 2.57. The topological polar surface area (TPSA) is 83.0 Å². The summed E-state index contributed by atoms with van der Waals surface area (Å²) in [6.07, 6.45) is 1.52. The van der Waals surface area contributed by atoms with E-state index in [1.807, 2.05) is 38.1 Å². The van der Waals surface area contributed by atoms with E-state index in [0.29, 0.717) is 16.4 Å². The Balaban J connectivity index is 1.99. The van der Waals surface area contributed by atoms with Crippen LogP contribution in [0.5, 0.6) is 5.75 Å². The predicted molar refractivity (Wildman–Crippen MR) is 102 cm³/mol. The molecule has 0 aliphatic heterocycles. The molecular weight excluding hydrogens is 338 g/mol. The Morgan fingerprint density at radius 2 is 1.88 bits per heavy atom. The summed E-state index contributed by atoms with van der Waals surface area (Å²) in [5.74, 6) is -0.604. The summed E-state index contributed by atoms with van der Waals surface area (Å²) in [5.41, 5.74) is 6.50. The minimum Gasteiger partial charge on any atom is -0.481 e. The van der Waals surface area contributed by atoms with Gasteiger partial charge < -0.3 is 15.2 Å². The molecule has 0 spiro atoms. The zero-order valence-corrected chi connectivity index (χ0v) is 14.8. The van der Waals surface area contributed by atoms with Crippen molar-refractivity contribution < 1.29 is 14.6 Å². The first kappa shape index (κ1) is 18.4. The Labute approximate surface area is 151 Å². The molecule has 2 rings (SSSR count). The summed E-state index contributed by atoms with van der Waals surface area (Å²) in [7, 11) is 0. The molecule has 0 saturated heterocycles. The van der Waals surface area contributed by atoms with E-state index >= 15 is 0 Å². The standard InChI is InChI=1S/C18H19N3O3S/c1-12-6-5-7-13(2)17(12)20-18(25)21-19-10-14-8-3-4-9-15(14)24-11-16(22)23/h3-10H,11H2,1-2H3,(H,22,23)(H2,20,21,25)/b19-10+. The first-order valence-electron chi connectivity index (χ1n) is 7.57. The van der Waals surface area contributed by atoms with E-state index in [0.717, 1.165) is 16.8 Å². The van der Waals surface area contributed by atoms with Crippen molar-refractivity contribution in [1.82, 2.24) is 5.43 Å². The van der Waals surface area contributed by atoms with Crippen LogP contribution in [0, 0.1) is 13.8 Å². The lowest BCUT2D eigenvalue weighted by molar-refractivity contribution is -0.139. The van der Waals surface area contributed by atoms with Crippen molar-refractivity contribution in [2.45, 2.75) is 13.8 Å². The van der Waals surface area contributed by atoms with Gasteiger partial charge in [0.15, 0.2) is 11.7 Å². The van der Waals surface area contributed by atoms with E-state index in [9.17, 15) is 4.79 Å². The second-order valence-corrected chi connectivity index (χ2v) is 5.72. The fourth-order valence-electron chi connectivity index (χ4n) is 2.17. The number of aryl methyl sites for hydroxylation is 2. The maximum atomic E-state index is 10.6. The number of aliphatic carboxylic acids is 1. The summed E-state index contributed by atoms with van der Waals surface area (Å²) < 4.78 is 5.22. The highest BCUT2D eigenvalue weighted by Gasteiger charge is 2.05. The molecule has 3 N–H and O–H groups in total. The summed E-state index contributed by atoms with van der Waals surface area (Å²) in [4.78, 5) is 10.6. The molecule has 0 heterocycles. The third kappa shape index (κ3) is 5.58. The number of para-hydroxylation sites is 2. The van der Waals surface area contributed by atoms with Gasteiger partial charge in [-0.2, -0.15) is 5.10 Å². The minimum atomic E-state index is -1.04. The van der Waals surface area contributed by atoms with Gasteiger partial charge in [-0.3, -0.25) is 5.43 Å². The third-order valence-corrected chi connectivity index (χ3v) is 3.55. The number of ether oxygens (including phenoxy) is 1. The van der Waals surface area contributed by atoms with Crippen molar-refractivity contribution in [2.75, 3.05) is 11.9 Å². The number of carboxylic acids is 1. The fraction of sp³-hybridized carbons (Fsp3) is 0.167. The maximum absolute atomic E-state index is 10.6. The van der Waals surface area contributed by atoms with Crippen LogP contribution in [-0.4, -0.2) is 29.0 Å². The Kier molecular flexibility index (Phi) is 6.47. The quantitative estimate of drug-likeness (QED) is 0.419. The van der Waals surface area contributed by atoms with Crippen LogP contribution < -0.4 is 15.5 Å². The van der Waals surface area contributed by atoms with Crippen LogP contribution in [0.25, 0.3) is 0 Å². The van der Waals surface area contributed by atoms with Gasteiger partial charge in [0.2, 0.25) is 0 Å². The highest BCUT2D eigenvalue weighted by molar-refractivity contribution is 7.80. The molecule has 0 saturated carbocycles. The highest BCUT2D eigenvalue weighted by atomic mass is 32.1. The summed E-state index contributed by atoms with van der Waals surface area (Å²) in [6.45, 7) is 3.58. The number of nitrogens with zero attached hydrogens (tertiary/aromatic N) is 1. The molecule has 130 valence electrons. The van der Waals surface area contributed by atoms with Gasteiger partial charge in [-0.25, -0.2) is 4.79 Å². The van der Waals surface area contributed by atoms with E-state index in [1.165, 1.54) is 6.21 Å². The van der Waals surface area contributed by atoms with Gasteiger partial charge in [-0.1, -0.05) is 30.3 Å². The number of nitrogens with one attached hydrogen (secondary N) is 2.